The van der Waals surface area contributed by atoms with Gasteiger partial charge >= 0.3 is 5.97 Å². The predicted octanol–water partition coefficient (Wildman–Crippen LogP) is -3.37. The van der Waals surface area contributed by atoms with Crippen molar-refractivity contribution in [1.82, 2.24) is 16.0 Å². The van der Waals surface area contributed by atoms with Gasteiger partial charge in [-0.25, -0.2) is 4.79 Å². The SMILES string of the molecule is NC(CS)C(=O)NC(CS)C(=O)NC(CO)C(=O)NC(CS)C(=O)O. The number of aliphatic hydroxyl groups excluding tert-OH is 1. The molecule has 25 heavy (non-hydrogen) atoms. The van der Waals surface area contributed by atoms with Crippen LogP contribution in [0.15, 0.2) is 0 Å². The molecule has 0 aliphatic carbocycles. The highest BCUT2D eigenvalue weighted by Crippen LogP contribution is 1.96. The van der Waals surface area contributed by atoms with Crippen LogP contribution in [0.25, 0.3) is 0 Å². The molecule has 0 aromatic carbocycles. The van der Waals surface area contributed by atoms with Gasteiger partial charge in [0.25, 0.3) is 0 Å². The van der Waals surface area contributed by atoms with Crippen LogP contribution < -0.4 is 21.7 Å². The van der Waals surface area contributed by atoms with E-state index in [9.17, 15) is 24.3 Å². The molecule has 144 valence electrons. The Morgan fingerprint density at radius 1 is 0.800 bits per heavy atom. The van der Waals surface area contributed by atoms with Crippen molar-refractivity contribution >= 4 is 61.6 Å². The van der Waals surface area contributed by atoms with Gasteiger partial charge in [0.15, 0.2) is 0 Å². The average molecular weight is 415 g/mol. The molecule has 13 heteroatoms. The first-order valence-corrected chi connectivity index (χ1v) is 8.94. The van der Waals surface area contributed by atoms with Crippen LogP contribution in [0.3, 0.4) is 0 Å². The number of rotatable bonds is 11. The van der Waals surface area contributed by atoms with Crippen molar-refractivity contribution in [3.05, 3.63) is 0 Å². The molecular formula is C12H22N4O6S3. The number of hydrogen-bond donors (Lipinski definition) is 9. The number of thiol groups is 3. The van der Waals surface area contributed by atoms with Crippen molar-refractivity contribution in [2.45, 2.75) is 24.2 Å². The van der Waals surface area contributed by atoms with Gasteiger partial charge in [0.2, 0.25) is 17.7 Å². The maximum atomic E-state index is 12.1. The van der Waals surface area contributed by atoms with Gasteiger partial charge in [0.05, 0.1) is 12.6 Å². The van der Waals surface area contributed by atoms with Crippen molar-refractivity contribution in [2.24, 2.45) is 5.73 Å². The highest BCUT2D eigenvalue weighted by atomic mass is 32.1. The first kappa shape index (κ1) is 23.9. The standard InChI is InChI=1S/C12H22N4O6S3/c13-5(2-23)9(18)15-7(3-24)11(20)14-6(1-17)10(19)16-8(4-25)12(21)22/h5-8,17,23-25H,1-4,13H2,(H,14,20)(H,15,18)(H,16,19)(H,21,22). The Labute approximate surface area is 160 Å². The fourth-order valence-electron chi connectivity index (χ4n) is 1.48. The number of carboxylic acids is 1. The lowest BCUT2D eigenvalue weighted by Crippen LogP contribution is -2.58. The molecule has 0 bridgehead atoms. The Hall–Kier alpha value is -1.15. The van der Waals surface area contributed by atoms with Gasteiger partial charge in [-0.15, -0.1) is 0 Å². The Balaban J connectivity index is 4.86. The zero-order chi connectivity index (χ0) is 19.6. The van der Waals surface area contributed by atoms with Gasteiger partial charge in [-0.3, -0.25) is 14.4 Å². The second-order valence-electron chi connectivity index (χ2n) is 4.86. The molecule has 0 aliphatic heterocycles. The Morgan fingerprint density at radius 3 is 1.64 bits per heavy atom. The number of hydrogen-bond acceptors (Lipinski definition) is 9. The minimum absolute atomic E-state index is 0.0642. The van der Waals surface area contributed by atoms with Gasteiger partial charge in [-0.2, -0.15) is 37.9 Å². The molecule has 0 aliphatic rings. The van der Waals surface area contributed by atoms with Crippen LogP contribution in [0.1, 0.15) is 0 Å². The third-order valence-corrected chi connectivity index (χ3v) is 4.09. The van der Waals surface area contributed by atoms with Crippen molar-refractivity contribution in [3.63, 3.8) is 0 Å². The zero-order valence-electron chi connectivity index (χ0n) is 13.1. The maximum Gasteiger partial charge on any atom is 0.327 e. The smallest absolute Gasteiger partial charge is 0.327 e. The average Bonchev–Trinajstić information content (AvgIpc) is 2.59. The highest BCUT2D eigenvalue weighted by molar-refractivity contribution is 7.80. The first-order valence-electron chi connectivity index (χ1n) is 7.04. The molecule has 4 atom stereocenters. The largest absolute Gasteiger partial charge is 0.480 e. The first-order chi connectivity index (χ1) is 11.7. The summed E-state index contributed by atoms with van der Waals surface area (Å²) in [5.74, 6) is -3.85. The van der Waals surface area contributed by atoms with Crippen LogP contribution >= 0.6 is 37.9 Å². The summed E-state index contributed by atoms with van der Waals surface area (Å²) < 4.78 is 0. The molecule has 0 aromatic rings. The fourth-order valence-corrected chi connectivity index (χ4v) is 2.15. The second-order valence-corrected chi connectivity index (χ2v) is 5.95. The molecule has 0 rings (SSSR count). The van der Waals surface area contributed by atoms with E-state index in [0.29, 0.717) is 0 Å². The fraction of sp³-hybridized carbons (Fsp3) is 0.667. The summed E-state index contributed by atoms with van der Waals surface area (Å²) in [4.78, 5) is 46.7. The van der Waals surface area contributed by atoms with Crippen molar-refractivity contribution < 1.29 is 29.4 Å². The lowest BCUT2D eigenvalue weighted by molar-refractivity contribution is -0.141. The van der Waals surface area contributed by atoms with Crippen molar-refractivity contribution in [3.8, 4) is 0 Å². The third-order valence-electron chi connectivity index (χ3n) is 2.96. The van der Waals surface area contributed by atoms with E-state index in [1.807, 2.05) is 0 Å². The van der Waals surface area contributed by atoms with E-state index in [0.717, 1.165) is 0 Å². The topological polar surface area (TPSA) is 171 Å². The minimum Gasteiger partial charge on any atom is -0.480 e. The van der Waals surface area contributed by atoms with Crippen LogP contribution in [0.2, 0.25) is 0 Å². The summed E-state index contributed by atoms with van der Waals surface area (Å²) >= 11 is 11.6. The summed E-state index contributed by atoms with van der Waals surface area (Å²) in [7, 11) is 0. The third kappa shape index (κ3) is 8.18. The zero-order valence-corrected chi connectivity index (χ0v) is 15.8. The monoisotopic (exact) mass is 414 g/mol. The summed E-state index contributed by atoms with van der Waals surface area (Å²) in [6.07, 6.45) is 0. The maximum absolute atomic E-state index is 12.1. The van der Waals surface area contributed by atoms with E-state index in [1.165, 1.54) is 0 Å². The molecule has 10 nitrogen and oxygen atoms in total. The van der Waals surface area contributed by atoms with Crippen molar-refractivity contribution in [1.29, 1.82) is 0 Å². The predicted molar refractivity (Wildman–Crippen MR) is 100 cm³/mol. The summed E-state index contributed by atoms with van der Waals surface area (Å²) in [5, 5.41) is 24.8. The normalized spacial score (nSPS) is 15.4. The molecular weight excluding hydrogens is 392 g/mol. The molecule has 0 saturated heterocycles. The van der Waals surface area contributed by atoms with Gasteiger partial charge in [-0.1, -0.05) is 0 Å². The number of aliphatic hydroxyl groups is 1. The number of carboxylic acid groups (broad SMARTS) is 1. The van der Waals surface area contributed by atoms with Crippen molar-refractivity contribution in [2.75, 3.05) is 23.9 Å². The quantitative estimate of drug-likeness (QED) is 0.159. The molecule has 7 N–H and O–H groups in total. The van der Waals surface area contributed by atoms with Crippen LogP contribution in [0.4, 0.5) is 0 Å². The Bertz CT molecular complexity index is 495. The second kappa shape index (κ2) is 12.2. The number of carbonyl (C=O) groups excluding carboxylic acids is 3. The summed E-state index contributed by atoms with van der Waals surface area (Å²) in [6.45, 7) is -0.778. The van der Waals surface area contributed by atoms with Crippen LogP contribution in [-0.2, 0) is 19.2 Å². The van der Waals surface area contributed by atoms with Gasteiger partial charge in [0.1, 0.15) is 18.1 Å². The van der Waals surface area contributed by atoms with E-state index >= 15 is 0 Å². The molecule has 3 amide bonds. The minimum atomic E-state index is -1.41. The van der Waals surface area contributed by atoms with Gasteiger partial charge < -0.3 is 31.9 Å². The number of nitrogens with two attached hydrogens (primary N) is 1. The molecule has 0 radical (unpaired) electrons. The van der Waals surface area contributed by atoms with Gasteiger partial charge in [0, 0.05) is 17.3 Å². The number of amides is 3. The van der Waals surface area contributed by atoms with Crippen LogP contribution in [0, 0.1) is 0 Å². The Kier molecular flexibility index (Phi) is 11.7. The molecule has 4 unspecified atom stereocenters. The van der Waals surface area contributed by atoms with Gasteiger partial charge in [-0.05, 0) is 0 Å². The van der Waals surface area contributed by atoms with Crippen LogP contribution in [0.5, 0.6) is 0 Å². The number of nitrogens with one attached hydrogen (secondary N) is 3. The Morgan fingerprint density at radius 2 is 1.24 bits per heavy atom. The number of aliphatic carboxylic acids is 1. The summed E-state index contributed by atoms with van der Waals surface area (Å²) in [5.41, 5.74) is 5.48. The van der Waals surface area contributed by atoms with E-state index in [-0.39, 0.29) is 17.3 Å². The van der Waals surface area contributed by atoms with E-state index in [2.05, 4.69) is 53.8 Å². The molecule has 0 aromatic heterocycles. The lowest BCUT2D eigenvalue weighted by atomic mass is 10.2. The molecule has 0 heterocycles. The molecule has 0 fully saturated rings. The highest BCUT2D eigenvalue weighted by Gasteiger charge is 2.28. The summed E-state index contributed by atoms with van der Waals surface area (Å²) in [6, 6.07) is -4.73. The van der Waals surface area contributed by atoms with E-state index in [4.69, 9.17) is 10.8 Å². The van der Waals surface area contributed by atoms with E-state index in [1.54, 1.807) is 0 Å². The molecule has 0 spiro atoms. The number of carbonyl (C=O) groups is 4. The molecule has 0 saturated carbocycles. The lowest BCUT2D eigenvalue weighted by Gasteiger charge is -2.23. The van der Waals surface area contributed by atoms with E-state index < -0.39 is 54.5 Å². The van der Waals surface area contributed by atoms with Crippen LogP contribution in [-0.4, -0.2) is 81.9 Å².